The summed E-state index contributed by atoms with van der Waals surface area (Å²) < 4.78 is 26.5. The molecule has 2 saturated heterocycles. The summed E-state index contributed by atoms with van der Waals surface area (Å²) in [5, 5.41) is 9.87. The number of likely N-dealkylation sites (tertiary alicyclic amines) is 1. The maximum atomic E-state index is 13.4. The van der Waals surface area contributed by atoms with Gasteiger partial charge < -0.3 is 14.9 Å². The van der Waals surface area contributed by atoms with E-state index in [0.717, 1.165) is 12.1 Å². The molecule has 1 aromatic carbocycles. The van der Waals surface area contributed by atoms with Gasteiger partial charge in [0.05, 0.1) is 23.8 Å². The quantitative estimate of drug-likeness (QED) is 0.895. The van der Waals surface area contributed by atoms with E-state index < -0.39 is 23.8 Å². The molecule has 3 rings (SSSR count). The van der Waals surface area contributed by atoms with Crippen LogP contribution in [0.25, 0.3) is 0 Å². The number of hydrogen-bond acceptors (Lipinski definition) is 4. The Morgan fingerprint density at radius 3 is 2.78 bits per heavy atom. The van der Waals surface area contributed by atoms with E-state index in [1.807, 2.05) is 0 Å². The average Bonchev–Trinajstić information content (AvgIpc) is 3.08. The Kier molecular flexibility index (Phi) is 4.54. The largest absolute Gasteiger partial charge is 0.391 e. The van der Waals surface area contributed by atoms with Crippen molar-refractivity contribution in [1.82, 2.24) is 9.80 Å². The molecule has 0 aliphatic carbocycles. The van der Waals surface area contributed by atoms with Crippen LogP contribution < -0.4 is 0 Å². The normalized spacial score (nSPS) is 24.6. The topological polar surface area (TPSA) is 60.9 Å². The molecule has 0 aromatic heterocycles. The standard InChI is InChI=1S/C15H16F2N2O3S/c16-11-2-1-9(3-12(11)17)13-4-10(20)5-19(13)14(21)6-18-8-23-7-15(18)22/h1-3,10,13,20H,4-8H2/t10-,13-/m1/s1. The summed E-state index contributed by atoms with van der Waals surface area (Å²) in [4.78, 5) is 27.0. The third-order valence-electron chi connectivity index (χ3n) is 4.08. The third kappa shape index (κ3) is 3.32. The minimum absolute atomic E-state index is 0.0568. The Labute approximate surface area is 136 Å². The van der Waals surface area contributed by atoms with Crippen LogP contribution in [0.5, 0.6) is 0 Å². The molecule has 2 atom stereocenters. The van der Waals surface area contributed by atoms with Gasteiger partial charge in [0.2, 0.25) is 11.8 Å². The highest BCUT2D eigenvalue weighted by atomic mass is 32.2. The van der Waals surface area contributed by atoms with E-state index in [1.165, 1.54) is 27.6 Å². The molecule has 2 aliphatic rings. The number of hydrogen-bond donors (Lipinski definition) is 1. The highest BCUT2D eigenvalue weighted by Gasteiger charge is 2.37. The maximum absolute atomic E-state index is 13.4. The first kappa shape index (κ1) is 16.2. The summed E-state index contributed by atoms with van der Waals surface area (Å²) >= 11 is 1.44. The molecule has 2 fully saturated rings. The molecule has 2 amide bonds. The van der Waals surface area contributed by atoms with Crippen LogP contribution in [0.15, 0.2) is 18.2 Å². The number of benzene rings is 1. The van der Waals surface area contributed by atoms with E-state index >= 15 is 0 Å². The Balaban J connectivity index is 1.77. The number of amides is 2. The summed E-state index contributed by atoms with van der Waals surface area (Å²) in [5.74, 6) is -1.49. The second kappa shape index (κ2) is 6.45. The number of aliphatic hydroxyl groups excluding tert-OH is 1. The highest BCUT2D eigenvalue weighted by molar-refractivity contribution is 8.00. The highest BCUT2D eigenvalue weighted by Crippen LogP contribution is 2.33. The van der Waals surface area contributed by atoms with Gasteiger partial charge >= 0.3 is 0 Å². The van der Waals surface area contributed by atoms with Crippen LogP contribution in [0.4, 0.5) is 8.78 Å². The van der Waals surface area contributed by atoms with Crippen LogP contribution in [0.1, 0.15) is 18.0 Å². The number of nitrogens with zero attached hydrogens (tertiary/aromatic N) is 2. The van der Waals surface area contributed by atoms with Crippen molar-refractivity contribution < 1.29 is 23.5 Å². The van der Waals surface area contributed by atoms with E-state index in [0.29, 0.717) is 17.2 Å². The van der Waals surface area contributed by atoms with Crippen molar-refractivity contribution >= 4 is 23.6 Å². The number of thioether (sulfide) groups is 1. The monoisotopic (exact) mass is 342 g/mol. The molecule has 23 heavy (non-hydrogen) atoms. The summed E-state index contributed by atoms with van der Waals surface area (Å²) in [6.07, 6.45) is -0.458. The van der Waals surface area contributed by atoms with Crippen molar-refractivity contribution in [3.8, 4) is 0 Å². The van der Waals surface area contributed by atoms with Crippen molar-refractivity contribution in [2.45, 2.75) is 18.6 Å². The van der Waals surface area contributed by atoms with Crippen LogP contribution in [-0.2, 0) is 9.59 Å². The molecule has 5 nitrogen and oxygen atoms in total. The Morgan fingerprint density at radius 1 is 1.35 bits per heavy atom. The number of β-amino-alcohol motifs (C(OH)–C–C–N with tert-alkyl or cyclic N) is 1. The zero-order chi connectivity index (χ0) is 16.6. The summed E-state index contributed by atoms with van der Waals surface area (Å²) in [5.41, 5.74) is 0.441. The molecular formula is C15H16F2N2O3S. The smallest absolute Gasteiger partial charge is 0.242 e. The Bertz CT molecular complexity index is 643. The lowest BCUT2D eigenvalue weighted by Crippen LogP contribution is -2.41. The number of carbonyl (C=O) groups is 2. The van der Waals surface area contributed by atoms with Crippen molar-refractivity contribution in [3.05, 3.63) is 35.4 Å². The zero-order valence-corrected chi connectivity index (χ0v) is 13.1. The fourth-order valence-electron chi connectivity index (χ4n) is 2.92. The molecule has 1 N–H and O–H groups in total. The van der Waals surface area contributed by atoms with Gasteiger partial charge in [-0.3, -0.25) is 9.59 Å². The molecule has 0 spiro atoms. The Morgan fingerprint density at radius 2 is 2.13 bits per heavy atom. The minimum atomic E-state index is -0.984. The summed E-state index contributed by atoms with van der Waals surface area (Å²) in [7, 11) is 0. The van der Waals surface area contributed by atoms with E-state index in [1.54, 1.807) is 0 Å². The molecule has 0 radical (unpaired) electrons. The van der Waals surface area contributed by atoms with Crippen LogP contribution in [0, 0.1) is 11.6 Å². The number of carbonyl (C=O) groups excluding carboxylic acids is 2. The average molecular weight is 342 g/mol. The van der Waals surface area contributed by atoms with Gasteiger partial charge in [-0.15, -0.1) is 11.8 Å². The van der Waals surface area contributed by atoms with Gasteiger partial charge in [-0.1, -0.05) is 6.07 Å². The van der Waals surface area contributed by atoms with Gasteiger partial charge in [-0.2, -0.15) is 0 Å². The lowest BCUT2D eigenvalue weighted by molar-refractivity contribution is -0.138. The van der Waals surface area contributed by atoms with Gasteiger partial charge in [-0.25, -0.2) is 8.78 Å². The molecular weight excluding hydrogens is 326 g/mol. The number of halogens is 2. The minimum Gasteiger partial charge on any atom is -0.391 e. The maximum Gasteiger partial charge on any atom is 0.242 e. The van der Waals surface area contributed by atoms with E-state index in [-0.39, 0.29) is 31.3 Å². The van der Waals surface area contributed by atoms with Gasteiger partial charge in [-0.05, 0) is 24.1 Å². The Hall–Kier alpha value is -1.67. The van der Waals surface area contributed by atoms with Crippen molar-refractivity contribution in [2.75, 3.05) is 24.7 Å². The molecule has 124 valence electrons. The lowest BCUT2D eigenvalue weighted by atomic mass is 10.0. The van der Waals surface area contributed by atoms with Crippen LogP contribution in [0.3, 0.4) is 0 Å². The van der Waals surface area contributed by atoms with E-state index in [9.17, 15) is 23.5 Å². The first-order chi connectivity index (χ1) is 11.0. The SMILES string of the molecule is O=C1CSCN1CC(=O)N1C[C@H](O)C[C@@H]1c1ccc(F)c(F)c1. The molecule has 2 heterocycles. The summed E-state index contributed by atoms with van der Waals surface area (Å²) in [6.45, 7) is 0.0659. The predicted molar refractivity (Wildman–Crippen MR) is 80.5 cm³/mol. The fourth-order valence-corrected chi connectivity index (χ4v) is 3.82. The molecule has 1 aromatic rings. The predicted octanol–water partition coefficient (Wildman–Crippen LogP) is 1.13. The summed E-state index contributed by atoms with van der Waals surface area (Å²) in [6, 6.07) is 2.96. The van der Waals surface area contributed by atoms with Crippen LogP contribution in [-0.4, -0.2) is 57.5 Å². The van der Waals surface area contributed by atoms with Crippen molar-refractivity contribution in [2.24, 2.45) is 0 Å². The molecule has 0 unspecified atom stereocenters. The number of rotatable bonds is 3. The van der Waals surface area contributed by atoms with E-state index in [4.69, 9.17) is 0 Å². The second-order valence-corrected chi connectivity index (χ2v) is 6.65. The third-order valence-corrected chi connectivity index (χ3v) is 5.02. The second-order valence-electron chi connectivity index (χ2n) is 5.69. The zero-order valence-electron chi connectivity index (χ0n) is 12.2. The molecule has 0 saturated carbocycles. The molecule has 8 heteroatoms. The van der Waals surface area contributed by atoms with Crippen molar-refractivity contribution in [1.29, 1.82) is 0 Å². The number of aliphatic hydroxyl groups is 1. The first-order valence-electron chi connectivity index (χ1n) is 7.23. The van der Waals surface area contributed by atoms with E-state index in [2.05, 4.69) is 0 Å². The van der Waals surface area contributed by atoms with Crippen molar-refractivity contribution in [3.63, 3.8) is 0 Å². The van der Waals surface area contributed by atoms with Gasteiger partial charge in [0, 0.05) is 6.54 Å². The fraction of sp³-hybridized carbons (Fsp3) is 0.467. The first-order valence-corrected chi connectivity index (χ1v) is 8.39. The molecule has 0 bridgehead atoms. The molecule has 2 aliphatic heterocycles. The lowest BCUT2D eigenvalue weighted by Gasteiger charge is -2.27. The van der Waals surface area contributed by atoms with Gasteiger partial charge in [0.25, 0.3) is 0 Å². The van der Waals surface area contributed by atoms with Gasteiger partial charge in [0.1, 0.15) is 6.54 Å². The van der Waals surface area contributed by atoms with Crippen LogP contribution >= 0.6 is 11.8 Å². The van der Waals surface area contributed by atoms with Crippen LogP contribution in [0.2, 0.25) is 0 Å². The van der Waals surface area contributed by atoms with Gasteiger partial charge in [0.15, 0.2) is 11.6 Å².